The van der Waals surface area contributed by atoms with E-state index in [1.165, 1.54) is 18.3 Å². The van der Waals surface area contributed by atoms with Gasteiger partial charge in [0.05, 0.1) is 17.1 Å². The van der Waals surface area contributed by atoms with Crippen molar-refractivity contribution in [1.82, 2.24) is 9.97 Å². The summed E-state index contributed by atoms with van der Waals surface area (Å²) < 4.78 is 5.57. The van der Waals surface area contributed by atoms with E-state index in [2.05, 4.69) is 9.97 Å². The number of hydrogen-bond acceptors (Lipinski definition) is 6. The van der Waals surface area contributed by atoms with Crippen molar-refractivity contribution in [2.75, 3.05) is 0 Å². The number of benzene rings is 1. The number of pyridine rings is 1. The SMILES string of the molecule is O=[N+]([O-])c1cc(CO)c2oc(-c3ccc(Cl)nc3)nc2c1. The van der Waals surface area contributed by atoms with E-state index in [0.29, 0.717) is 27.4 Å². The molecule has 7 nitrogen and oxygen atoms in total. The van der Waals surface area contributed by atoms with E-state index in [1.54, 1.807) is 12.1 Å². The number of hydrogen-bond donors (Lipinski definition) is 1. The van der Waals surface area contributed by atoms with Crippen LogP contribution in [0.3, 0.4) is 0 Å². The molecule has 8 heteroatoms. The Labute approximate surface area is 123 Å². The van der Waals surface area contributed by atoms with Crippen LogP contribution in [-0.2, 0) is 6.61 Å². The number of non-ortho nitro benzene ring substituents is 1. The number of fused-ring (bicyclic) bond motifs is 1. The lowest BCUT2D eigenvalue weighted by molar-refractivity contribution is -0.384. The molecule has 0 aliphatic heterocycles. The van der Waals surface area contributed by atoms with Gasteiger partial charge in [-0.15, -0.1) is 0 Å². The van der Waals surface area contributed by atoms with Gasteiger partial charge < -0.3 is 9.52 Å². The van der Waals surface area contributed by atoms with Crippen LogP contribution >= 0.6 is 11.6 Å². The Hall–Kier alpha value is -2.51. The van der Waals surface area contributed by atoms with E-state index in [0.717, 1.165) is 0 Å². The summed E-state index contributed by atoms with van der Waals surface area (Å²) >= 11 is 5.71. The summed E-state index contributed by atoms with van der Waals surface area (Å²) in [6.07, 6.45) is 1.49. The number of oxazole rings is 1. The summed E-state index contributed by atoms with van der Waals surface area (Å²) in [4.78, 5) is 18.4. The molecule has 0 bridgehead atoms. The number of nitrogens with zero attached hydrogens (tertiary/aromatic N) is 3. The second-order valence-corrected chi connectivity index (χ2v) is 4.64. The van der Waals surface area contributed by atoms with Gasteiger partial charge in [0.25, 0.3) is 5.69 Å². The molecule has 2 heterocycles. The zero-order valence-corrected chi connectivity index (χ0v) is 11.2. The molecule has 0 saturated heterocycles. The minimum atomic E-state index is -0.545. The van der Waals surface area contributed by atoms with Crippen molar-refractivity contribution in [3.63, 3.8) is 0 Å². The predicted molar refractivity (Wildman–Crippen MR) is 74.8 cm³/mol. The van der Waals surface area contributed by atoms with E-state index in [1.807, 2.05) is 0 Å². The van der Waals surface area contributed by atoms with Crippen LogP contribution in [0.5, 0.6) is 0 Å². The molecule has 106 valence electrons. The number of aliphatic hydroxyl groups is 1. The van der Waals surface area contributed by atoms with Crippen molar-refractivity contribution in [2.45, 2.75) is 6.61 Å². The first kappa shape index (κ1) is 13.5. The predicted octanol–water partition coefficient (Wildman–Crippen LogP) is 2.94. The van der Waals surface area contributed by atoms with Gasteiger partial charge in [0, 0.05) is 23.9 Å². The number of aliphatic hydroxyl groups excluding tert-OH is 1. The average molecular weight is 306 g/mol. The van der Waals surface area contributed by atoms with Gasteiger partial charge in [0.15, 0.2) is 5.58 Å². The second-order valence-electron chi connectivity index (χ2n) is 4.26. The monoisotopic (exact) mass is 305 g/mol. The van der Waals surface area contributed by atoms with Crippen LogP contribution < -0.4 is 0 Å². The average Bonchev–Trinajstić information content (AvgIpc) is 2.90. The molecule has 0 amide bonds. The van der Waals surface area contributed by atoms with Crippen LogP contribution in [0.1, 0.15) is 5.56 Å². The third-order valence-corrected chi connectivity index (χ3v) is 3.13. The van der Waals surface area contributed by atoms with Gasteiger partial charge in [-0.1, -0.05) is 11.6 Å². The molecular formula is C13H8ClN3O4. The highest BCUT2D eigenvalue weighted by Gasteiger charge is 2.17. The molecule has 2 aromatic heterocycles. The van der Waals surface area contributed by atoms with E-state index < -0.39 is 4.92 Å². The fourth-order valence-electron chi connectivity index (χ4n) is 1.93. The molecule has 1 aromatic carbocycles. The molecule has 21 heavy (non-hydrogen) atoms. The number of rotatable bonds is 3. The van der Waals surface area contributed by atoms with Gasteiger partial charge >= 0.3 is 0 Å². The Balaban J connectivity index is 2.19. The van der Waals surface area contributed by atoms with E-state index in [-0.39, 0.29) is 18.2 Å². The quantitative estimate of drug-likeness (QED) is 0.453. The molecule has 0 radical (unpaired) electrons. The van der Waals surface area contributed by atoms with Gasteiger partial charge in [-0.05, 0) is 12.1 Å². The van der Waals surface area contributed by atoms with E-state index >= 15 is 0 Å². The molecule has 0 aliphatic carbocycles. The van der Waals surface area contributed by atoms with Crippen LogP contribution in [0.25, 0.3) is 22.6 Å². The normalized spacial score (nSPS) is 11.0. The maximum absolute atomic E-state index is 10.9. The standard InChI is InChI=1S/C13H8ClN3O4/c14-11-2-1-7(5-15-11)13-16-10-4-9(17(19)20)3-8(6-18)12(10)21-13/h1-5,18H,6H2. The van der Waals surface area contributed by atoms with Gasteiger partial charge in [0.2, 0.25) is 5.89 Å². The molecule has 3 aromatic rings. The zero-order valence-electron chi connectivity index (χ0n) is 10.5. The van der Waals surface area contributed by atoms with Crippen molar-refractivity contribution in [2.24, 2.45) is 0 Å². The molecule has 1 N–H and O–H groups in total. The molecule has 0 aliphatic rings. The van der Waals surface area contributed by atoms with E-state index in [4.69, 9.17) is 16.0 Å². The van der Waals surface area contributed by atoms with Crippen molar-refractivity contribution in [3.8, 4) is 11.5 Å². The first-order chi connectivity index (χ1) is 10.1. The Morgan fingerprint density at radius 1 is 1.38 bits per heavy atom. The van der Waals surface area contributed by atoms with Crippen molar-refractivity contribution >= 4 is 28.4 Å². The molecule has 0 fully saturated rings. The van der Waals surface area contributed by atoms with Crippen LogP contribution in [-0.4, -0.2) is 20.0 Å². The van der Waals surface area contributed by atoms with Crippen molar-refractivity contribution in [3.05, 3.63) is 51.3 Å². The smallest absolute Gasteiger partial charge is 0.272 e. The minimum absolute atomic E-state index is 0.152. The molecule has 0 spiro atoms. The fraction of sp³-hybridized carbons (Fsp3) is 0.0769. The lowest BCUT2D eigenvalue weighted by Crippen LogP contribution is -1.91. The summed E-state index contributed by atoms with van der Waals surface area (Å²) in [7, 11) is 0. The summed E-state index contributed by atoms with van der Waals surface area (Å²) in [6.45, 7) is -0.383. The number of nitro benzene ring substituents is 1. The minimum Gasteiger partial charge on any atom is -0.436 e. The molecular weight excluding hydrogens is 298 g/mol. The lowest BCUT2D eigenvalue weighted by atomic mass is 10.2. The van der Waals surface area contributed by atoms with Crippen LogP contribution in [0.2, 0.25) is 5.15 Å². The first-order valence-electron chi connectivity index (χ1n) is 5.89. The maximum atomic E-state index is 10.9. The number of nitro groups is 1. The van der Waals surface area contributed by atoms with Crippen LogP contribution in [0.15, 0.2) is 34.9 Å². The van der Waals surface area contributed by atoms with Crippen molar-refractivity contribution in [1.29, 1.82) is 0 Å². The fourth-order valence-corrected chi connectivity index (χ4v) is 2.05. The van der Waals surface area contributed by atoms with E-state index in [9.17, 15) is 15.2 Å². The topological polar surface area (TPSA) is 102 Å². The highest BCUT2D eigenvalue weighted by Crippen LogP contribution is 2.30. The Morgan fingerprint density at radius 3 is 2.81 bits per heavy atom. The lowest BCUT2D eigenvalue weighted by Gasteiger charge is -1.97. The number of halogens is 1. The second kappa shape index (κ2) is 5.12. The largest absolute Gasteiger partial charge is 0.436 e. The van der Waals surface area contributed by atoms with Gasteiger partial charge in [-0.2, -0.15) is 0 Å². The molecule has 0 saturated carbocycles. The zero-order chi connectivity index (χ0) is 15.0. The van der Waals surface area contributed by atoms with Gasteiger partial charge in [0.1, 0.15) is 10.7 Å². The number of aromatic nitrogens is 2. The maximum Gasteiger partial charge on any atom is 0.272 e. The van der Waals surface area contributed by atoms with Crippen LogP contribution in [0.4, 0.5) is 5.69 Å². The Morgan fingerprint density at radius 2 is 2.19 bits per heavy atom. The summed E-state index contributed by atoms with van der Waals surface area (Å²) in [5.74, 6) is 0.254. The summed E-state index contributed by atoms with van der Waals surface area (Å²) in [6, 6.07) is 5.82. The molecule has 0 unspecified atom stereocenters. The highest BCUT2D eigenvalue weighted by molar-refractivity contribution is 6.29. The molecule has 3 rings (SSSR count). The summed E-state index contributed by atoms with van der Waals surface area (Å²) in [5, 5.41) is 20.5. The first-order valence-corrected chi connectivity index (χ1v) is 6.27. The third kappa shape index (κ3) is 2.44. The third-order valence-electron chi connectivity index (χ3n) is 2.91. The van der Waals surface area contributed by atoms with Gasteiger partial charge in [-0.3, -0.25) is 10.1 Å². The van der Waals surface area contributed by atoms with Crippen LogP contribution in [0, 0.1) is 10.1 Å². The Bertz CT molecular complexity index is 829. The van der Waals surface area contributed by atoms with Crippen molar-refractivity contribution < 1.29 is 14.4 Å². The molecule has 0 atom stereocenters. The van der Waals surface area contributed by atoms with Gasteiger partial charge in [-0.25, -0.2) is 9.97 Å². The summed E-state index contributed by atoms with van der Waals surface area (Å²) in [5.41, 5.74) is 1.36. The Kier molecular flexibility index (Phi) is 3.28. The highest BCUT2D eigenvalue weighted by atomic mass is 35.5.